The van der Waals surface area contributed by atoms with Gasteiger partial charge in [-0.2, -0.15) is 0 Å². The number of allylic oxidation sites excluding steroid dienone is 2. The maximum Gasteiger partial charge on any atom is 0.238 e. The Morgan fingerprint density at radius 1 is 1.00 bits per heavy atom. The zero-order valence-corrected chi connectivity index (χ0v) is 13.4. The molecule has 2 bridgehead atoms. The van der Waals surface area contributed by atoms with Gasteiger partial charge >= 0.3 is 0 Å². The molecule has 1 heterocycles. The minimum atomic E-state index is -0.103. The second-order valence-corrected chi connectivity index (χ2v) is 7.89. The van der Waals surface area contributed by atoms with E-state index in [2.05, 4.69) is 34.7 Å². The topological polar surface area (TPSA) is 37.4 Å². The number of hydrogen-bond donors (Lipinski definition) is 0. The number of rotatable bonds is 1. The molecule has 0 N–H and O–H groups in total. The van der Waals surface area contributed by atoms with Gasteiger partial charge in [0.25, 0.3) is 0 Å². The Morgan fingerprint density at radius 2 is 1.62 bits per heavy atom. The van der Waals surface area contributed by atoms with Gasteiger partial charge in [-0.1, -0.05) is 18.2 Å². The van der Waals surface area contributed by atoms with Gasteiger partial charge in [-0.15, -0.1) is 0 Å². The summed E-state index contributed by atoms with van der Waals surface area (Å²) in [4.78, 5) is 27.2. The van der Waals surface area contributed by atoms with Crippen molar-refractivity contribution in [2.75, 3.05) is 4.90 Å². The van der Waals surface area contributed by atoms with Gasteiger partial charge < -0.3 is 0 Å². The van der Waals surface area contributed by atoms with Gasteiger partial charge in [0.2, 0.25) is 11.8 Å². The maximum atomic E-state index is 12.9. The number of amides is 2. The Kier molecular flexibility index (Phi) is 2.34. The summed E-state index contributed by atoms with van der Waals surface area (Å²) in [6.07, 6.45) is 5.63. The molecule has 1 saturated heterocycles. The van der Waals surface area contributed by atoms with Crippen LogP contribution in [0.25, 0.3) is 0 Å². The van der Waals surface area contributed by atoms with E-state index in [9.17, 15) is 9.59 Å². The normalized spacial score (nSPS) is 42.2. The van der Waals surface area contributed by atoms with E-state index in [-0.39, 0.29) is 23.7 Å². The molecule has 5 aliphatic rings. The predicted molar refractivity (Wildman–Crippen MR) is 86.3 cm³/mol. The molecule has 106 valence electrons. The fraction of sp³-hybridized carbons (Fsp3) is 0.412. The second-order valence-electron chi connectivity index (χ2n) is 6.65. The highest BCUT2D eigenvalue weighted by molar-refractivity contribution is 14.1. The minimum Gasteiger partial charge on any atom is -0.274 e. The molecular formula is C17H14INO2. The van der Waals surface area contributed by atoms with E-state index in [4.69, 9.17) is 0 Å². The van der Waals surface area contributed by atoms with Crippen LogP contribution >= 0.6 is 22.6 Å². The number of imide groups is 1. The van der Waals surface area contributed by atoms with Crippen LogP contribution < -0.4 is 4.90 Å². The SMILES string of the molecule is O=C1[C@@H]2[C@H]3C=C[C@@H]([C@@H]4C[C@H]34)[C@H]2C(=O)N1c1cccc(I)c1. The molecule has 2 saturated carbocycles. The lowest BCUT2D eigenvalue weighted by atomic mass is 9.63. The van der Waals surface area contributed by atoms with Crippen molar-refractivity contribution in [3.05, 3.63) is 40.0 Å². The van der Waals surface area contributed by atoms with E-state index in [1.54, 1.807) is 0 Å². The molecule has 4 heteroatoms. The molecule has 4 aliphatic carbocycles. The number of nitrogens with zero attached hydrogens (tertiary/aromatic N) is 1. The van der Waals surface area contributed by atoms with Crippen molar-refractivity contribution in [3.63, 3.8) is 0 Å². The summed E-state index contributed by atoms with van der Waals surface area (Å²) in [5, 5.41) is 0. The quantitative estimate of drug-likeness (QED) is 0.420. The van der Waals surface area contributed by atoms with Crippen LogP contribution in [0.5, 0.6) is 0 Å². The van der Waals surface area contributed by atoms with Crippen molar-refractivity contribution in [1.29, 1.82) is 0 Å². The summed E-state index contributed by atoms with van der Waals surface area (Å²) in [6.45, 7) is 0. The lowest BCUT2D eigenvalue weighted by molar-refractivity contribution is -0.124. The van der Waals surface area contributed by atoms with Crippen LogP contribution in [0.1, 0.15) is 6.42 Å². The first-order valence-electron chi connectivity index (χ1n) is 7.48. The van der Waals surface area contributed by atoms with Crippen molar-refractivity contribution < 1.29 is 9.59 Å². The molecule has 0 unspecified atom stereocenters. The Hall–Kier alpha value is -1.17. The molecule has 0 spiro atoms. The zero-order valence-electron chi connectivity index (χ0n) is 11.3. The van der Waals surface area contributed by atoms with E-state index >= 15 is 0 Å². The highest BCUT2D eigenvalue weighted by atomic mass is 127. The molecule has 0 radical (unpaired) electrons. The standard InChI is InChI=1S/C17H14INO2/c18-8-2-1-3-9(6-8)19-16(20)14-10-4-5-11(13-7-12(10)13)15(14)17(19)21/h1-6,10-15H,7H2/t10-,11-,12-,13+,14+,15+/m0/s1. The van der Waals surface area contributed by atoms with Crippen LogP contribution in [0.2, 0.25) is 0 Å². The highest BCUT2D eigenvalue weighted by Gasteiger charge is 2.67. The van der Waals surface area contributed by atoms with Crippen LogP contribution in [0.3, 0.4) is 0 Å². The average molecular weight is 391 g/mol. The van der Waals surface area contributed by atoms with Crippen molar-refractivity contribution >= 4 is 40.1 Å². The molecule has 3 fully saturated rings. The molecule has 6 atom stereocenters. The number of anilines is 1. The first-order chi connectivity index (χ1) is 10.2. The van der Waals surface area contributed by atoms with Crippen LogP contribution in [-0.2, 0) is 9.59 Å². The summed E-state index contributed by atoms with van der Waals surface area (Å²) in [6, 6.07) is 7.67. The van der Waals surface area contributed by atoms with E-state index in [1.807, 2.05) is 24.3 Å². The van der Waals surface area contributed by atoms with Crippen LogP contribution in [-0.4, -0.2) is 11.8 Å². The van der Waals surface area contributed by atoms with Crippen molar-refractivity contribution in [2.24, 2.45) is 35.5 Å². The number of carbonyl (C=O) groups is 2. The number of halogens is 1. The molecule has 2 amide bonds. The number of hydrogen-bond acceptors (Lipinski definition) is 2. The van der Waals surface area contributed by atoms with Crippen LogP contribution in [0, 0.1) is 39.1 Å². The largest absolute Gasteiger partial charge is 0.274 e. The van der Waals surface area contributed by atoms with Gasteiger partial charge in [-0.3, -0.25) is 9.59 Å². The van der Waals surface area contributed by atoms with Gasteiger partial charge in [0.15, 0.2) is 0 Å². The molecule has 1 aromatic carbocycles. The van der Waals surface area contributed by atoms with Gasteiger partial charge in [0, 0.05) is 3.57 Å². The Balaban J connectivity index is 1.60. The highest BCUT2D eigenvalue weighted by Crippen LogP contribution is 2.65. The monoisotopic (exact) mass is 391 g/mol. The van der Waals surface area contributed by atoms with E-state index in [1.165, 1.54) is 11.3 Å². The molecule has 6 rings (SSSR count). The van der Waals surface area contributed by atoms with Crippen molar-refractivity contribution in [3.8, 4) is 0 Å². The average Bonchev–Trinajstić information content (AvgIpc) is 3.24. The first-order valence-corrected chi connectivity index (χ1v) is 8.56. The fourth-order valence-corrected chi connectivity index (χ4v) is 5.35. The minimum absolute atomic E-state index is 0.0247. The Bertz CT molecular complexity index is 676. The third-order valence-electron chi connectivity index (χ3n) is 5.73. The smallest absolute Gasteiger partial charge is 0.238 e. The molecule has 3 nitrogen and oxygen atoms in total. The third-order valence-corrected chi connectivity index (χ3v) is 6.40. The first kappa shape index (κ1) is 12.4. The maximum absolute atomic E-state index is 12.9. The van der Waals surface area contributed by atoms with Gasteiger partial charge in [-0.05, 0) is 70.9 Å². The van der Waals surface area contributed by atoms with Gasteiger partial charge in [0.05, 0.1) is 17.5 Å². The van der Waals surface area contributed by atoms with Crippen LogP contribution in [0.15, 0.2) is 36.4 Å². The summed E-state index contributed by atoms with van der Waals surface area (Å²) >= 11 is 2.22. The molecule has 21 heavy (non-hydrogen) atoms. The lowest BCUT2D eigenvalue weighted by Crippen LogP contribution is -2.40. The van der Waals surface area contributed by atoms with E-state index in [0.717, 1.165) is 9.26 Å². The summed E-state index contributed by atoms with van der Waals surface area (Å²) in [5.41, 5.74) is 0.736. The Morgan fingerprint density at radius 3 is 2.19 bits per heavy atom. The summed E-state index contributed by atoms with van der Waals surface area (Å²) < 4.78 is 1.05. The lowest BCUT2D eigenvalue weighted by Gasteiger charge is -2.37. The third kappa shape index (κ3) is 1.49. The molecule has 1 aromatic rings. The number of carbonyl (C=O) groups excluding carboxylic acids is 2. The van der Waals surface area contributed by atoms with E-state index < -0.39 is 0 Å². The summed E-state index contributed by atoms with van der Waals surface area (Å²) in [5.74, 6) is 1.77. The molecule has 0 aromatic heterocycles. The Labute approximate surface area is 136 Å². The second kappa shape index (κ2) is 3.97. The fourth-order valence-electron chi connectivity index (χ4n) is 4.83. The van der Waals surface area contributed by atoms with Crippen molar-refractivity contribution in [2.45, 2.75) is 6.42 Å². The van der Waals surface area contributed by atoms with Gasteiger partial charge in [-0.25, -0.2) is 4.90 Å². The molecular weight excluding hydrogens is 377 g/mol. The predicted octanol–water partition coefficient (Wildman–Crippen LogP) is 2.85. The van der Waals surface area contributed by atoms with Gasteiger partial charge in [0.1, 0.15) is 0 Å². The zero-order chi connectivity index (χ0) is 14.3. The molecule has 1 aliphatic heterocycles. The van der Waals surface area contributed by atoms with E-state index in [0.29, 0.717) is 23.7 Å². The number of benzene rings is 1. The van der Waals surface area contributed by atoms with Crippen LogP contribution in [0.4, 0.5) is 5.69 Å². The van der Waals surface area contributed by atoms with Crippen molar-refractivity contribution in [1.82, 2.24) is 0 Å². The summed E-state index contributed by atoms with van der Waals surface area (Å²) in [7, 11) is 0.